The number of phenolic OH excluding ortho intramolecular Hbond substituents is 1. The zero-order valence-corrected chi connectivity index (χ0v) is 8.64. The summed E-state index contributed by atoms with van der Waals surface area (Å²) in [6.07, 6.45) is 2.14. The lowest BCUT2D eigenvalue weighted by Crippen LogP contribution is -2.16. The second-order valence-electron chi connectivity index (χ2n) is 4.27. The molecule has 0 aromatic heterocycles. The molecule has 1 N–H and O–H groups in total. The first-order chi connectivity index (χ1) is 7.29. The molecule has 1 aromatic carbocycles. The van der Waals surface area contributed by atoms with Gasteiger partial charge in [-0.25, -0.2) is 0 Å². The molecule has 2 aliphatic rings. The van der Waals surface area contributed by atoms with Crippen LogP contribution in [-0.4, -0.2) is 18.5 Å². The van der Waals surface area contributed by atoms with Crippen molar-refractivity contribution in [2.75, 3.05) is 7.11 Å². The van der Waals surface area contributed by atoms with E-state index in [-0.39, 0.29) is 11.9 Å². The van der Waals surface area contributed by atoms with E-state index < -0.39 is 0 Å². The van der Waals surface area contributed by atoms with E-state index in [1.54, 1.807) is 13.2 Å². The summed E-state index contributed by atoms with van der Waals surface area (Å²) in [5.41, 5.74) is 0.513. The predicted molar refractivity (Wildman–Crippen MR) is 54.4 cm³/mol. The minimum absolute atomic E-state index is 0.182. The number of aromatic hydroxyl groups is 1. The highest BCUT2D eigenvalue weighted by Crippen LogP contribution is 2.62. The largest absolute Gasteiger partial charge is 0.508 e. The van der Waals surface area contributed by atoms with Crippen LogP contribution >= 0.6 is 0 Å². The second-order valence-corrected chi connectivity index (χ2v) is 4.27. The number of para-hydroxylation sites is 1. The summed E-state index contributed by atoms with van der Waals surface area (Å²) in [5.74, 6) is 0.819. The zero-order valence-electron chi connectivity index (χ0n) is 8.64. The van der Waals surface area contributed by atoms with E-state index in [4.69, 9.17) is 9.47 Å². The fourth-order valence-electron chi connectivity index (χ4n) is 2.38. The summed E-state index contributed by atoms with van der Waals surface area (Å²) < 4.78 is 10.9. The number of rotatable bonds is 3. The molecular weight excluding hydrogens is 192 g/mol. The number of benzene rings is 1. The molecule has 1 heterocycles. The summed E-state index contributed by atoms with van der Waals surface area (Å²) in [6, 6.07) is 7.37. The highest BCUT2D eigenvalue weighted by Gasteiger charge is 2.67. The van der Waals surface area contributed by atoms with Crippen molar-refractivity contribution < 1.29 is 14.6 Å². The van der Waals surface area contributed by atoms with Gasteiger partial charge in [-0.1, -0.05) is 18.2 Å². The number of epoxide rings is 1. The SMILES string of the molecule is COC1OC1(c1ccccc1O)C1CC1. The van der Waals surface area contributed by atoms with E-state index in [9.17, 15) is 5.11 Å². The average Bonchev–Trinajstić information content (AvgIpc) is 3.12. The minimum Gasteiger partial charge on any atom is -0.508 e. The molecule has 80 valence electrons. The maximum Gasteiger partial charge on any atom is 0.192 e. The Morgan fingerprint density at radius 3 is 2.67 bits per heavy atom. The molecule has 0 radical (unpaired) electrons. The van der Waals surface area contributed by atoms with E-state index in [2.05, 4.69) is 0 Å². The van der Waals surface area contributed by atoms with Crippen LogP contribution in [0.5, 0.6) is 5.75 Å². The van der Waals surface area contributed by atoms with Crippen LogP contribution < -0.4 is 0 Å². The molecule has 1 saturated carbocycles. The zero-order chi connectivity index (χ0) is 10.5. The Bertz CT molecular complexity index is 386. The van der Waals surface area contributed by atoms with Gasteiger partial charge in [-0.15, -0.1) is 0 Å². The molecule has 2 unspecified atom stereocenters. The number of hydrogen-bond donors (Lipinski definition) is 1. The van der Waals surface area contributed by atoms with Crippen LogP contribution in [0.3, 0.4) is 0 Å². The van der Waals surface area contributed by atoms with Crippen LogP contribution in [0.15, 0.2) is 24.3 Å². The molecule has 2 fully saturated rings. The number of hydrogen-bond acceptors (Lipinski definition) is 3. The average molecular weight is 206 g/mol. The summed E-state index contributed by atoms with van der Waals surface area (Å²) in [6.45, 7) is 0. The Balaban J connectivity index is 2.01. The van der Waals surface area contributed by atoms with Crippen molar-refractivity contribution in [3.05, 3.63) is 29.8 Å². The van der Waals surface area contributed by atoms with Crippen LogP contribution in [0, 0.1) is 5.92 Å². The summed E-state index contributed by atoms with van der Waals surface area (Å²) in [4.78, 5) is 0. The maximum atomic E-state index is 9.84. The summed E-state index contributed by atoms with van der Waals surface area (Å²) >= 11 is 0. The Labute approximate surface area is 88.6 Å². The van der Waals surface area contributed by atoms with Gasteiger partial charge in [0.25, 0.3) is 0 Å². The van der Waals surface area contributed by atoms with Gasteiger partial charge in [0.1, 0.15) is 5.75 Å². The Morgan fingerprint density at radius 2 is 2.13 bits per heavy atom. The van der Waals surface area contributed by atoms with E-state index in [1.165, 1.54) is 0 Å². The molecule has 1 aromatic rings. The first-order valence-electron chi connectivity index (χ1n) is 5.28. The predicted octanol–water partition coefficient (Wildman–Crippen LogP) is 2.00. The molecule has 3 nitrogen and oxygen atoms in total. The van der Waals surface area contributed by atoms with Crippen LogP contribution in [0.25, 0.3) is 0 Å². The normalized spacial score (nSPS) is 34.1. The fourth-order valence-corrected chi connectivity index (χ4v) is 2.38. The van der Waals surface area contributed by atoms with Crippen molar-refractivity contribution in [3.63, 3.8) is 0 Å². The van der Waals surface area contributed by atoms with Crippen molar-refractivity contribution in [1.29, 1.82) is 0 Å². The second kappa shape index (κ2) is 2.97. The van der Waals surface area contributed by atoms with Gasteiger partial charge in [-0.3, -0.25) is 0 Å². The third kappa shape index (κ3) is 1.20. The van der Waals surface area contributed by atoms with Gasteiger partial charge in [-0.05, 0) is 24.8 Å². The molecule has 1 aliphatic carbocycles. The van der Waals surface area contributed by atoms with E-state index in [0.717, 1.165) is 18.4 Å². The van der Waals surface area contributed by atoms with Crippen molar-refractivity contribution >= 4 is 0 Å². The van der Waals surface area contributed by atoms with Gasteiger partial charge in [0.2, 0.25) is 0 Å². The highest BCUT2D eigenvalue weighted by molar-refractivity contribution is 5.42. The van der Waals surface area contributed by atoms with Gasteiger partial charge in [-0.2, -0.15) is 0 Å². The smallest absolute Gasteiger partial charge is 0.192 e. The van der Waals surface area contributed by atoms with Crippen LogP contribution in [0.2, 0.25) is 0 Å². The standard InChI is InChI=1S/C12H14O3/c1-14-11-12(15-11,8-6-7-8)9-4-2-3-5-10(9)13/h2-5,8,11,13H,6-7H2,1H3. The lowest BCUT2D eigenvalue weighted by atomic mass is 9.93. The molecular formula is C12H14O3. The van der Waals surface area contributed by atoms with Gasteiger partial charge >= 0.3 is 0 Å². The lowest BCUT2D eigenvalue weighted by molar-refractivity contribution is 0.0950. The topological polar surface area (TPSA) is 42.0 Å². The van der Waals surface area contributed by atoms with Gasteiger partial charge in [0.15, 0.2) is 11.9 Å². The summed E-state index contributed by atoms with van der Waals surface area (Å²) in [5, 5.41) is 9.84. The Morgan fingerprint density at radius 1 is 1.40 bits per heavy atom. The van der Waals surface area contributed by atoms with Gasteiger partial charge in [0.05, 0.1) is 0 Å². The maximum absolute atomic E-state index is 9.84. The molecule has 0 spiro atoms. The molecule has 3 heteroatoms. The number of ether oxygens (including phenoxy) is 2. The first-order valence-corrected chi connectivity index (χ1v) is 5.28. The first kappa shape index (κ1) is 9.19. The van der Waals surface area contributed by atoms with Crippen molar-refractivity contribution in [2.24, 2.45) is 5.92 Å². The third-order valence-electron chi connectivity index (χ3n) is 3.32. The molecule has 3 rings (SSSR count). The highest BCUT2D eigenvalue weighted by atomic mass is 16.8. The van der Waals surface area contributed by atoms with Gasteiger partial charge < -0.3 is 14.6 Å². The fraction of sp³-hybridized carbons (Fsp3) is 0.500. The quantitative estimate of drug-likeness (QED) is 0.769. The van der Waals surface area contributed by atoms with Crippen LogP contribution in [0.4, 0.5) is 0 Å². The van der Waals surface area contributed by atoms with Gasteiger partial charge in [0, 0.05) is 12.7 Å². The van der Waals surface area contributed by atoms with Crippen molar-refractivity contribution in [3.8, 4) is 5.75 Å². The van der Waals surface area contributed by atoms with E-state index in [1.807, 2.05) is 18.2 Å². The molecule has 15 heavy (non-hydrogen) atoms. The third-order valence-corrected chi connectivity index (χ3v) is 3.32. The van der Waals surface area contributed by atoms with Crippen LogP contribution in [-0.2, 0) is 15.1 Å². The Hall–Kier alpha value is -1.06. The monoisotopic (exact) mass is 206 g/mol. The number of phenols is 1. The minimum atomic E-state index is -0.361. The number of methoxy groups -OCH3 is 1. The molecule has 0 amide bonds. The molecule has 1 aliphatic heterocycles. The Kier molecular flexibility index (Phi) is 1.82. The van der Waals surface area contributed by atoms with Crippen molar-refractivity contribution in [2.45, 2.75) is 24.7 Å². The molecule has 2 atom stereocenters. The lowest BCUT2D eigenvalue weighted by Gasteiger charge is -2.13. The summed E-state index contributed by atoms with van der Waals surface area (Å²) in [7, 11) is 1.65. The van der Waals surface area contributed by atoms with Crippen LogP contribution in [0.1, 0.15) is 18.4 Å². The molecule has 0 bridgehead atoms. The van der Waals surface area contributed by atoms with Crippen molar-refractivity contribution in [1.82, 2.24) is 0 Å². The van der Waals surface area contributed by atoms with E-state index in [0.29, 0.717) is 11.7 Å². The van der Waals surface area contributed by atoms with E-state index >= 15 is 0 Å². The molecule has 1 saturated heterocycles.